The molecule has 0 saturated heterocycles. The van der Waals surface area contributed by atoms with Crippen LogP contribution < -0.4 is 10.6 Å². The molecule has 7 nitrogen and oxygen atoms in total. The van der Waals surface area contributed by atoms with Gasteiger partial charge in [-0.05, 0) is 37.6 Å². The Balaban J connectivity index is 1.73. The van der Waals surface area contributed by atoms with Crippen molar-refractivity contribution in [1.82, 2.24) is 25.5 Å². The van der Waals surface area contributed by atoms with Crippen LogP contribution in [0.15, 0.2) is 48.7 Å². The highest BCUT2D eigenvalue weighted by molar-refractivity contribution is 5.96. The number of aromatic nitrogens is 4. The van der Waals surface area contributed by atoms with Crippen LogP contribution in [-0.4, -0.2) is 32.2 Å². The molecule has 0 unspecified atom stereocenters. The molecule has 0 bridgehead atoms. The predicted molar refractivity (Wildman–Crippen MR) is 106 cm³/mol. The van der Waals surface area contributed by atoms with Gasteiger partial charge in [-0.15, -0.1) is 0 Å². The minimum Gasteiger partial charge on any atom is -0.336 e. The van der Waals surface area contributed by atoms with Gasteiger partial charge in [0.15, 0.2) is 11.5 Å². The summed E-state index contributed by atoms with van der Waals surface area (Å²) in [5, 5.41) is 12.5. The van der Waals surface area contributed by atoms with E-state index in [1.807, 2.05) is 38.1 Å². The molecule has 8 heteroatoms. The van der Waals surface area contributed by atoms with E-state index >= 15 is 0 Å². The summed E-state index contributed by atoms with van der Waals surface area (Å²) in [5.41, 5.74) is 4.02. The lowest BCUT2D eigenvalue weighted by Crippen LogP contribution is -2.34. The largest absolute Gasteiger partial charge is 0.336 e. The second kappa shape index (κ2) is 7.15. The summed E-state index contributed by atoms with van der Waals surface area (Å²) in [5.74, 6) is 0.195. The highest BCUT2D eigenvalue weighted by Crippen LogP contribution is 2.31. The van der Waals surface area contributed by atoms with E-state index in [0.717, 1.165) is 16.6 Å². The fourth-order valence-corrected chi connectivity index (χ4v) is 3.02. The Kier molecular flexibility index (Phi) is 4.52. The van der Waals surface area contributed by atoms with Gasteiger partial charge in [0.05, 0.1) is 16.7 Å². The van der Waals surface area contributed by atoms with Crippen molar-refractivity contribution >= 4 is 22.8 Å². The Bertz CT molecular complexity index is 1150. The Hall–Kier alpha value is -3.68. The number of anilines is 1. The van der Waals surface area contributed by atoms with Crippen molar-refractivity contribution in [3.05, 3.63) is 54.5 Å². The van der Waals surface area contributed by atoms with Gasteiger partial charge in [0.2, 0.25) is 0 Å². The summed E-state index contributed by atoms with van der Waals surface area (Å²) < 4.78 is 13.7. The summed E-state index contributed by atoms with van der Waals surface area (Å²) in [6, 6.07) is 11.7. The Labute approximate surface area is 160 Å². The highest BCUT2D eigenvalue weighted by Gasteiger charge is 2.17. The second-order valence-electron chi connectivity index (χ2n) is 6.70. The normalized spacial score (nSPS) is 11.1. The molecule has 2 amide bonds. The van der Waals surface area contributed by atoms with Crippen LogP contribution in [0.2, 0.25) is 0 Å². The summed E-state index contributed by atoms with van der Waals surface area (Å²) in [6.45, 7) is 3.76. The molecule has 0 spiro atoms. The van der Waals surface area contributed by atoms with Crippen LogP contribution in [0.5, 0.6) is 0 Å². The molecule has 2 aromatic carbocycles. The summed E-state index contributed by atoms with van der Waals surface area (Å²) in [6.07, 6.45) is 1.59. The number of hydrogen-bond donors (Lipinski definition) is 4. The quantitative estimate of drug-likeness (QED) is 0.426. The van der Waals surface area contributed by atoms with Crippen molar-refractivity contribution in [2.45, 2.75) is 19.9 Å². The van der Waals surface area contributed by atoms with E-state index in [9.17, 15) is 9.18 Å². The van der Waals surface area contributed by atoms with Gasteiger partial charge in [0.25, 0.3) is 0 Å². The van der Waals surface area contributed by atoms with Crippen molar-refractivity contribution in [3.8, 4) is 22.6 Å². The van der Waals surface area contributed by atoms with Gasteiger partial charge < -0.3 is 15.6 Å². The first-order valence-electron chi connectivity index (χ1n) is 8.87. The summed E-state index contributed by atoms with van der Waals surface area (Å²) in [7, 11) is 0. The average Bonchev–Trinajstić information content (AvgIpc) is 3.26. The molecule has 0 aliphatic carbocycles. The molecule has 2 aromatic heterocycles. The molecule has 28 heavy (non-hydrogen) atoms. The van der Waals surface area contributed by atoms with Gasteiger partial charge in [-0.1, -0.05) is 24.3 Å². The number of para-hydroxylation sites is 1. The lowest BCUT2D eigenvalue weighted by atomic mass is 10.0. The maximum Gasteiger partial charge on any atom is 0.319 e. The molecular formula is C20H19FN6O. The fourth-order valence-electron chi connectivity index (χ4n) is 3.02. The van der Waals surface area contributed by atoms with Crippen LogP contribution >= 0.6 is 0 Å². The van der Waals surface area contributed by atoms with Crippen LogP contribution in [0, 0.1) is 5.82 Å². The third kappa shape index (κ3) is 3.44. The molecule has 0 aliphatic heterocycles. The molecule has 0 fully saturated rings. The third-order valence-electron chi connectivity index (χ3n) is 4.18. The van der Waals surface area contributed by atoms with Gasteiger partial charge in [0, 0.05) is 17.8 Å². The van der Waals surface area contributed by atoms with Crippen LogP contribution in [-0.2, 0) is 0 Å². The number of carbonyl (C=O) groups excluding carboxylic acids is 1. The van der Waals surface area contributed by atoms with Gasteiger partial charge in [0.1, 0.15) is 5.82 Å². The van der Waals surface area contributed by atoms with Gasteiger partial charge in [-0.25, -0.2) is 14.2 Å². The molecule has 0 atom stereocenters. The first-order valence-corrected chi connectivity index (χ1v) is 8.87. The lowest BCUT2D eigenvalue weighted by Gasteiger charge is -2.09. The van der Waals surface area contributed by atoms with Crippen molar-refractivity contribution in [2.75, 3.05) is 5.32 Å². The number of nitrogens with zero attached hydrogens (tertiary/aromatic N) is 2. The number of aromatic amines is 2. The second-order valence-corrected chi connectivity index (χ2v) is 6.70. The number of benzene rings is 2. The first kappa shape index (κ1) is 17.7. The smallest absolute Gasteiger partial charge is 0.319 e. The number of rotatable bonds is 4. The number of fused-ring (bicyclic) bond motifs is 1. The molecule has 0 aliphatic rings. The molecule has 0 radical (unpaired) electrons. The zero-order valence-electron chi connectivity index (χ0n) is 15.4. The molecule has 4 aromatic rings. The molecule has 2 heterocycles. The Morgan fingerprint density at radius 2 is 2.00 bits per heavy atom. The number of urea groups is 1. The molecule has 0 saturated carbocycles. The van der Waals surface area contributed by atoms with E-state index in [1.54, 1.807) is 12.3 Å². The Morgan fingerprint density at radius 1 is 1.18 bits per heavy atom. The zero-order valence-corrected chi connectivity index (χ0v) is 15.4. The van der Waals surface area contributed by atoms with E-state index in [0.29, 0.717) is 22.7 Å². The minimum atomic E-state index is -0.325. The van der Waals surface area contributed by atoms with E-state index in [-0.39, 0.29) is 17.9 Å². The van der Waals surface area contributed by atoms with E-state index in [4.69, 9.17) is 0 Å². The van der Waals surface area contributed by atoms with Crippen LogP contribution in [0.4, 0.5) is 14.9 Å². The topological polar surface area (TPSA) is 98.5 Å². The van der Waals surface area contributed by atoms with Crippen LogP contribution in [0.1, 0.15) is 13.8 Å². The fraction of sp³-hybridized carbons (Fsp3) is 0.150. The van der Waals surface area contributed by atoms with E-state index < -0.39 is 0 Å². The van der Waals surface area contributed by atoms with E-state index in [1.165, 1.54) is 12.1 Å². The van der Waals surface area contributed by atoms with Crippen molar-refractivity contribution in [3.63, 3.8) is 0 Å². The van der Waals surface area contributed by atoms with Crippen LogP contribution in [0.25, 0.3) is 33.7 Å². The van der Waals surface area contributed by atoms with Gasteiger partial charge >= 0.3 is 6.03 Å². The number of carbonyl (C=O) groups is 1. The molecule has 4 N–H and O–H groups in total. The van der Waals surface area contributed by atoms with E-state index in [2.05, 4.69) is 30.8 Å². The number of imidazole rings is 1. The summed E-state index contributed by atoms with van der Waals surface area (Å²) in [4.78, 5) is 19.9. The number of nitrogens with one attached hydrogen (secondary N) is 4. The van der Waals surface area contributed by atoms with Gasteiger partial charge in [-0.3, -0.25) is 5.10 Å². The Morgan fingerprint density at radius 3 is 2.79 bits per heavy atom. The van der Waals surface area contributed by atoms with Crippen molar-refractivity contribution in [1.29, 1.82) is 0 Å². The van der Waals surface area contributed by atoms with Crippen molar-refractivity contribution < 1.29 is 9.18 Å². The lowest BCUT2D eigenvalue weighted by molar-refractivity contribution is 0.250. The summed E-state index contributed by atoms with van der Waals surface area (Å²) >= 11 is 0. The monoisotopic (exact) mass is 378 g/mol. The molecular weight excluding hydrogens is 359 g/mol. The standard InChI is InChI=1S/C20H19FN6O/c1-11(2)23-20(28)25-16-10-22-27-18(16)19-24-15-8-4-7-14(17(15)26-19)12-5-3-6-13(21)9-12/h3-11H,1-2H3,(H,22,27)(H,24,26)(H2,23,25,28). The molecule has 142 valence electrons. The predicted octanol–water partition coefficient (Wildman–Crippen LogP) is 4.29. The first-order chi connectivity index (χ1) is 13.5. The minimum absolute atomic E-state index is 0.00961. The maximum atomic E-state index is 13.7. The SMILES string of the molecule is CC(C)NC(=O)Nc1c[nH]nc1-c1nc2c(-c3cccc(F)c3)cccc2[nH]1. The van der Waals surface area contributed by atoms with Crippen LogP contribution in [0.3, 0.4) is 0 Å². The molecule has 4 rings (SSSR count). The van der Waals surface area contributed by atoms with Crippen molar-refractivity contribution in [2.24, 2.45) is 0 Å². The number of H-pyrrole nitrogens is 2. The average molecular weight is 378 g/mol. The maximum absolute atomic E-state index is 13.7. The highest BCUT2D eigenvalue weighted by atomic mass is 19.1. The van der Waals surface area contributed by atoms with Gasteiger partial charge in [-0.2, -0.15) is 5.10 Å². The third-order valence-corrected chi connectivity index (χ3v) is 4.18. The number of amides is 2. The number of halogens is 1. The number of hydrogen-bond acceptors (Lipinski definition) is 3. The zero-order chi connectivity index (χ0) is 19.7.